The number of anilines is 1. The number of carbonyl (C=O) groups excluding carboxylic acids is 2. The number of fused-ring (bicyclic) bond motifs is 1. The van der Waals surface area contributed by atoms with Gasteiger partial charge in [-0.05, 0) is 31.2 Å². The molecule has 28 heavy (non-hydrogen) atoms. The summed E-state index contributed by atoms with van der Waals surface area (Å²) in [5, 5.41) is 5.67. The summed E-state index contributed by atoms with van der Waals surface area (Å²) in [5.74, 6) is 1.40. The molecule has 0 unspecified atom stereocenters. The molecule has 3 amide bonds. The second-order valence-corrected chi connectivity index (χ2v) is 7.09. The Bertz CT molecular complexity index is 868. The Morgan fingerprint density at radius 2 is 1.89 bits per heavy atom. The van der Waals surface area contributed by atoms with Gasteiger partial charge in [0, 0.05) is 18.7 Å². The Kier molecular flexibility index (Phi) is 5.06. The molecule has 2 aliphatic heterocycles. The number of hydrogen-bond acceptors (Lipinski definition) is 4. The SMILES string of the molecule is Cc1ccc(N2C[C@H](NC(=O)NC[C@H]3COc4ccccc4O3)CC2=O)cc1. The molecule has 0 aliphatic carbocycles. The molecule has 0 saturated carbocycles. The van der Waals surface area contributed by atoms with E-state index in [-0.39, 0.29) is 30.5 Å². The van der Waals surface area contributed by atoms with Crippen LogP contribution in [0.3, 0.4) is 0 Å². The summed E-state index contributed by atoms with van der Waals surface area (Å²) in [4.78, 5) is 26.2. The van der Waals surface area contributed by atoms with Crippen LogP contribution < -0.4 is 25.0 Å². The molecular weight excluding hydrogens is 358 g/mol. The summed E-state index contributed by atoms with van der Waals surface area (Å²) in [6, 6.07) is 14.7. The van der Waals surface area contributed by atoms with Crippen molar-refractivity contribution in [1.29, 1.82) is 0 Å². The maximum absolute atomic E-state index is 12.3. The highest BCUT2D eigenvalue weighted by molar-refractivity contribution is 5.96. The zero-order chi connectivity index (χ0) is 19.5. The van der Waals surface area contributed by atoms with Crippen LogP contribution in [0, 0.1) is 6.92 Å². The van der Waals surface area contributed by atoms with Gasteiger partial charge in [-0.25, -0.2) is 4.79 Å². The van der Waals surface area contributed by atoms with Gasteiger partial charge >= 0.3 is 6.03 Å². The number of amides is 3. The van der Waals surface area contributed by atoms with E-state index in [1.807, 2.05) is 55.5 Å². The molecule has 2 aliphatic rings. The summed E-state index contributed by atoms with van der Waals surface area (Å²) >= 11 is 0. The maximum atomic E-state index is 12.3. The number of nitrogens with one attached hydrogen (secondary N) is 2. The summed E-state index contributed by atoms with van der Waals surface area (Å²) in [6.45, 7) is 3.17. The summed E-state index contributed by atoms with van der Waals surface area (Å²) in [7, 11) is 0. The van der Waals surface area contributed by atoms with Gasteiger partial charge in [0.05, 0.1) is 12.6 Å². The molecule has 0 aromatic heterocycles. The predicted molar refractivity (Wildman–Crippen MR) is 105 cm³/mol. The monoisotopic (exact) mass is 381 g/mol. The van der Waals surface area contributed by atoms with Crippen molar-refractivity contribution in [3.8, 4) is 11.5 Å². The quantitative estimate of drug-likeness (QED) is 0.851. The zero-order valence-corrected chi connectivity index (χ0v) is 15.7. The first kappa shape index (κ1) is 18.2. The standard InChI is InChI=1S/C21H23N3O4/c1-14-6-8-16(9-7-14)24-12-15(10-20(24)25)23-21(26)22-11-17-13-27-18-4-2-3-5-19(18)28-17/h2-9,15,17H,10-13H2,1H3,(H2,22,23,26)/t15-,17+/m1/s1. The molecule has 2 atom stereocenters. The average molecular weight is 381 g/mol. The van der Waals surface area contributed by atoms with E-state index in [9.17, 15) is 9.59 Å². The molecular formula is C21H23N3O4. The molecule has 7 nitrogen and oxygen atoms in total. The van der Waals surface area contributed by atoms with Crippen LogP contribution >= 0.6 is 0 Å². The van der Waals surface area contributed by atoms with E-state index in [4.69, 9.17) is 9.47 Å². The molecule has 2 heterocycles. The Morgan fingerprint density at radius 1 is 1.14 bits per heavy atom. The lowest BCUT2D eigenvalue weighted by Crippen LogP contribution is -2.47. The lowest BCUT2D eigenvalue weighted by molar-refractivity contribution is -0.117. The highest BCUT2D eigenvalue weighted by atomic mass is 16.6. The number of rotatable bonds is 4. The van der Waals surface area contributed by atoms with E-state index < -0.39 is 0 Å². The molecule has 7 heteroatoms. The van der Waals surface area contributed by atoms with Gasteiger partial charge in [0.1, 0.15) is 6.61 Å². The minimum Gasteiger partial charge on any atom is -0.486 e. The third-order valence-electron chi connectivity index (χ3n) is 4.86. The smallest absolute Gasteiger partial charge is 0.315 e. The van der Waals surface area contributed by atoms with E-state index in [0.717, 1.165) is 11.3 Å². The number of carbonyl (C=O) groups is 2. The van der Waals surface area contributed by atoms with E-state index in [2.05, 4.69) is 10.6 Å². The lowest BCUT2D eigenvalue weighted by atomic mass is 10.2. The summed E-state index contributed by atoms with van der Waals surface area (Å²) < 4.78 is 11.5. The van der Waals surface area contributed by atoms with Crippen molar-refractivity contribution < 1.29 is 19.1 Å². The average Bonchev–Trinajstić information content (AvgIpc) is 3.06. The normalized spacial score (nSPS) is 20.8. The number of benzene rings is 2. The molecule has 0 radical (unpaired) electrons. The highest BCUT2D eigenvalue weighted by Gasteiger charge is 2.31. The molecule has 0 spiro atoms. The van der Waals surface area contributed by atoms with Gasteiger partial charge in [-0.2, -0.15) is 0 Å². The number of ether oxygens (including phenoxy) is 2. The van der Waals surface area contributed by atoms with Gasteiger partial charge in [-0.15, -0.1) is 0 Å². The van der Waals surface area contributed by atoms with Gasteiger partial charge < -0.3 is 25.0 Å². The van der Waals surface area contributed by atoms with Gasteiger partial charge in [0.25, 0.3) is 0 Å². The van der Waals surface area contributed by atoms with Crippen LogP contribution in [0.4, 0.5) is 10.5 Å². The van der Waals surface area contributed by atoms with Crippen LogP contribution in [-0.2, 0) is 4.79 Å². The number of nitrogens with zero attached hydrogens (tertiary/aromatic N) is 1. The van der Waals surface area contributed by atoms with Crippen molar-refractivity contribution >= 4 is 17.6 Å². The fourth-order valence-electron chi connectivity index (χ4n) is 3.39. The Labute approximate surface area is 163 Å². The first-order valence-electron chi connectivity index (χ1n) is 9.38. The van der Waals surface area contributed by atoms with Crippen molar-refractivity contribution in [2.24, 2.45) is 0 Å². The van der Waals surface area contributed by atoms with Crippen molar-refractivity contribution in [3.05, 3.63) is 54.1 Å². The summed E-state index contributed by atoms with van der Waals surface area (Å²) in [6.07, 6.45) is 0.0347. The number of urea groups is 1. The van der Waals surface area contributed by atoms with Crippen molar-refractivity contribution in [1.82, 2.24) is 10.6 Å². The van der Waals surface area contributed by atoms with Crippen LogP contribution in [-0.4, -0.2) is 43.8 Å². The van der Waals surface area contributed by atoms with Crippen LogP contribution in [0.1, 0.15) is 12.0 Å². The Morgan fingerprint density at radius 3 is 2.68 bits per heavy atom. The number of hydrogen-bond donors (Lipinski definition) is 2. The molecule has 1 fully saturated rings. The molecule has 2 N–H and O–H groups in total. The van der Waals surface area contributed by atoms with Crippen LogP contribution in [0.25, 0.3) is 0 Å². The second-order valence-electron chi connectivity index (χ2n) is 7.09. The molecule has 2 aromatic carbocycles. The lowest BCUT2D eigenvalue weighted by Gasteiger charge is -2.26. The minimum absolute atomic E-state index is 0.00905. The van der Waals surface area contributed by atoms with E-state index >= 15 is 0 Å². The fraction of sp³-hybridized carbons (Fsp3) is 0.333. The highest BCUT2D eigenvalue weighted by Crippen LogP contribution is 2.30. The predicted octanol–water partition coefficient (Wildman–Crippen LogP) is 2.24. The molecule has 2 aromatic rings. The first-order valence-corrected chi connectivity index (χ1v) is 9.38. The van der Waals surface area contributed by atoms with Gasteiger partial charge in [-0.1, -0.05) is 29.8 Å². The van der Waals surface area contributed by atoms with Crippen molar-refractivity contribution in [3.63, 3.8) is 0 Å². The van der Waals surface area contributed by atoms with Gasteiger partial charge in [-0.3, -0.25) is 4.79 Å². The fourth-order valence-corrected chi connectivity index (χ4v) is 3.39. The molecule has 0 bridgehead atoms. The molecule has 4 rings (SSSR count). The topological polar surface area (TPSA) is 79.9 Å². The maximum Gasteiger partial charge on any atom is 0.315 e. The van der Waals surface area contributed by atoms with Gasteiger partial charge in [0.2, 0.25) is 5.91 Å². The van der Waals surface area contributed by atoms with Crippen LogP contribution in [0.2, 0.25) is 0 Å². The van der Waals surface area contributed by atoms with Crippen LogP contribution in [0.15, 0.2) is 48.5 Å². The number of aryl methyl sites for hydroxylation is 1. The Balaban J connectivity index is 1.25. The minimum atomic E-state index is -0.314. The van der Waals surface area contributed by atoms with Crippen LogP contribution in [0.5, 0.6) is 11.5 Å². The van der Waals surface area contributed by atoms with Crippen molar-refractivity contribution in [2.75, 3.05) is 24.6 Å². The third kappa shape index (κ3) is 4.03. The van der Waals surface area contributed by atoms with E-state index in [1.54, 1.807) is 4.90 Å². The van der Waals surface area contributed by atoms with E-state index in [1.165, 1.54) is 0 Å². The van der Waals surface area contributed by atoms with Crippen molar-refractivity contribution in [2.45, 2.75) is 25.5 Å². The molecule has 146 valence electrons. The summed E-state index contributed by atoms with van der Waals surface area (Å²) in [5.41, 5.74) is 1.99. The third-order valence-corrected chi connectivity index (χ3v) is 4.86. The molecule has 1 saturated heterocycles. The number of para-hydroxylation sites is 2. The second kappa shape index (κ2) is 7.80. The first-order chi connectivity index (χ1) is 13.6. The van der Waals surface area contributed by atoms with E-state index in [0.29, 0.717) is 31.2 Å². The zero-order valence-electron chi connectivity index (χ0n) is 15.7. The Hall–Kier alpha value is -3.22. The van der Waals surface area contributed by atoms with Gasteiger partial charge in [0.15, 0.2) is 17.6 Å². The largest absolute Gasteiger partial charge is 0.486 e.